The summed E-state index contributed by atoms with van der Waals surface area (Å²) in [5.41, 5.74) is 2.08. The van der Waals surface area contributed by atoms with E-state index in [0.717, 1.165) is 11.1 Å². The van der Waals surface area contributed by atoms with Crippen LogP contribution in [0.5, 0.6) is 11.5 Å². The normalized spacial score (nSPS) is 12.5. The largest absolute Gasteiger partial charge is 0.456 e. The van der Waals surface area contributed by atoms with Gasteiger partial charge in [-0.25, -0.2) is 0 Å². The molecule has 0 radical (unpaired) electrons. The molecule has 0 saturated heterocycles. The molecule has 8 heteroatoms. The maximum Gasteiger partial charge on any atom is 0.308 e. The summed E-state index contributed by atoms with van der Waals surface area (Å²) in [5, 5.41) is 5.57. The highest BCUT2D eigenvalue weighted by Gasteiger charge is 2.21. The quantitative estimate of drug-likeness (QED) is 0.476. The first-order valence-corrected chi connectivity index (χ1v) is 10.8. The SMILES string of the molecule is O=C(COC(=O)C[C@@H](NC(=O)c1ccccc1)c1ccccc1)NCc1ccc2c(c1)OCO2. The molecule has 0 aliphatic carbocycles. The van der Waals surface area contributed by atoms with Crippen molar-refractivity contribution >= 4 is 17.8 Å². The van der Waals surface area contributed by atoms with Crippen LogP contribution in [0.25, 0.3) is 0 Å². The lowest BCUT2D eigenvalue weighted by Crippen LogP contribution is -2.32. The molecule has 3 aromatic carbocycles. The van der Waals surface area contributed by atoms with E-state index in [9.17, 15) is 14.4 Å². The summed E-state index contributed by atoms with van der Waals surface area (Å²) < 4.78 is 15.7. The Bertz CT molecular complexity index is 1150. The standard InChI is InChI=1S/C26H24N2O6/c29-24(27-15-18-11-12-22-23(13-18)34-17-33-22)16-32-25(30)14-21(19-7-3-1-4-8-19)28-26(31)20-9-5-2-6-10-20/h1-13,21H,14-17H2,(H,27,29)(H,28,31)/t21-/m1/s1. The van der Waals surface area contributed by atoms with Gasteiger partial charge in [0.1, 0.15) is 0 Å². The van der Waals surface area contributed by atoms with Gasteiger partial charge in [0.15, 0.2) is 18.1 Å². The van der Waals surface area contributed by atoms with Crippen molar-refractivity contribution in [3.63, 3.8) is 0 Å². The molecule has 3 aromatic rings. The van der Waals surface area contributed by atoms with Gasteiger partial charge in [0.05, 0.1) is 12.5 Å². The summed E-state index contributed by atoms with van der Waals surface area (Å²) in [4.78, 5) is 37.2. The second-order valence-corrected chi connectivity index (χ2v) is 7.63. The molecular formula is C26H24N2O6. The topological polar surface area (TPSA) is 103 Å². The predicted octanol–water partition coefficient (Wildman–Crippen LogP) is 3.14. The zero-order valence-corrected chi connectivity index (χ0v) is 18.4. The van der Waals surface area contributed by atoms with Crippen LogP contribution in [0.2, 0.25) is 0 Å². The van der Waals surface area contributed by atoms with Gasteiger partial charge in [-0.1, -0.05) is 54.6 Å². The van der Waals surface area contributed by atoms with Crippen LogP contribution in [0, 0.1) is 0 Å². The molecule has 1 heterocycles. The average Bonchev–Trinajstić information content (AvgIpc) is 3.35. The molecular weight excluding hydrogens is 436 g/mol. The van der Waals surface area contributed by atoms with E-state index in [-0.39, 0.29) is 25.7 Å². The Kier molecular flexibility index (Phi) is 7.39. The molecule has 8 nitrogen and oxygen atoms in total. The lowest BCUT2D eigenvalue weighted by molar-refractivity contribution is -0.149. The fraction of sp³-hybridized carbons (Fsp3) is 0.192. The number of rotatable bonds is 9. The van der Waals surface area contributed by atoms with E-state index >= 15 is 0 Å². The number of benzene rings is 3. The Morgan fingerprint density at radius 1 is 0.882 bits per heavy atom. The van der Waals surface area contributed by atoms with Gasteiger partial charge in [0.25, 0.3) is 11.8 Å². The van der Waals surface area contributed by atoms with Crippen LogP contribution in [0.4, 0.5) is 0 Å². The summed E-state index contributed by atoms with van der Waals surface area (Å²) in [5.74, 6) is -0.0428. The van der Waals surface area contributed by atoms with Crippen LogP contribution >= 0.6 is 0 Å². The highest BCUT2D eigenvalue weighted by molar-refractivity contribution is 5.94. The summed E-state index contributed by atoms with van der Waals surface area (Å²) in [6, 6.07) is 22.7. The zero-order valence-electron chi connectivity index (χ0n) is 18.4. The molecule has 0 bridgehead atoms. The number of nitrogens with one attached hydrogen (secondary N) is 2. The minimum atomic E-state index is -0.599. The van der Waals surface area contributed by atoms with Crippen molar-refractivity contribution in [1.29, 1.82) is 0 Å². The first-order chi connectivity index (χ1) is 16.6. The Morgan fingerprint density at radius 2 is 1.59 bits per heavy atom. The van der Waals surface area contributed by atoms with Crippen molar-refractivity contribution in [1.82, 2.24) is 10.6 Å². The van der Waals surface area contributed by atoms with E-state index in [1.807, 2.05) is 42.5 Å². The Hall–Kier alpha value is -4.33. The van der Waals surface area contributed by atoms with E-state index < -0.39 is 24.5 Å². The second kappa shape index (κ2) is 11.0. The predicted molar refractivity (Wildman–Crippen MR) is 123 cm³/mol. The molecule has 1 aliphatic rings. The highest BCUT2D eigenvalue weighted by atomic mass is 16.7. The molecule has 0 fully saturated rings. The Morgan fingerprint density at radius 3 is 2.35 bits per heavy atom. The average molecular weight is 460 g/mol. The maximum absolute atomic E-state index is 12.6. The molecule has 0 spiro atoms. The number of esters is 1. The molecule has 0 aromatic heterocycles. The highest BCUT2D eigenvalue weighted by Crippen LogP contribution is 2.32. The molecule has 4 rings (SSSR count). The van der Waals surface area contributed by atoms with Crippen LogP contribution in [0.15, 0.2) is 78.9 Å². The van der Waals surface area contributed by atoms with E-state index in [0.29, 0.717) is 17.1 Å². The summed E-state index contributed by atoms with van der Waals surface area (Å²) in [7, 11) is 0. The lowest BCUT2D eigenvalue weighted by atomic mass is 10.0. The number of carbonyl (C=O) groups excluding carboxylic acids is 3. The third kappa shape index (κ3) is 6.13. The third-order valence-electron chi connectivity index (χ3n) is 5.20. The monoisotopic (exact) mass is 460 g/mol. The molecule has 0 saturated carbocycles. The summed E-state index contributed by atoms with van der Waals surface area (Å²) >= 11 is 0. The van der Waals surface area contributed by atoms with Crippen molar-refractivity contribution in [2.75, 3.05) is 13.4 Å². The lowest BCUT2D eigenvalue weighted by Gasteiger charge is -2.19. The van der Waals surface area contributed by atoms with Crippen LogP contribution < -0.4 is 20.1 Å². The molecule has 1 atom stereocenters. The van der Waals surface area contributed by atoms with E-state index in [1.165, 1.54) is 0 Å². The number of hydrogen-bond donors (Lipinski definition) is 2. The number of hydrogen-bond acceptors (Lipinski definition) is 6. The fourth-order valence-corrected chi connectivity index (χ4v) is 3.44. The van der Waals surface area contributed by atoms with Crippen molar-refractivity contribution < 1.29 is 28.6 Å². The van der Waals surface area contributed by atoms with Crippen molar-refractivity contribution in [3.8, 4) is 11.5 Å². The second-order valence-electron chi connectivity index (χ2n) is 7.63. The van der Waals surface area contributed by atoms with Gasteiger partial charge in [-0.3, -0.25) is 14.4 Å². The molecule has 34 heavy (non-hydrogen) atoms. The molecule has 2 N–H and O–H groups in total. The van der Waals surface area contributed by atoms with Crippen LogP contribution in [-0.2, 0) is 20.9 Å². The van der Waals surface area contributed by atoms with Crippen molar-refractivity contribution in [2.24, 2.45) is 0 Å². The molecule has 174 valence electrons. The van der Waals surface area contributed by atoms with Gasteiger partial charge in [-0.05, 0) is 35.4 Å². The van der Waals surface area contributed by atoms with Gasteiger partial charge >= 0.3 is 5.97 Å². The van der Waals surface area contributed by atoms with E-state index in [1.54, 1.807) is 36.4 Å². The van der Waals surface area contributed by atoms with Gasteiger partial charge in [-0.15, -0.1) is 0 Å². The molecule has 1 aliphatic heterocycles. The van der Waals surface area contributed by atoms with Crippen LogP contribution in [-0.4, -0.2) is 31.2 Å². The van der Waals surface area contributed by atoms with Crippen molar-refractivity contribution in [2.45, 2.75) is 19.0 Å². The smallest absolute Gasteiger partial charge is 0.308 e. The van der Waals surface area contributed by atoms with Gasteiger partial charge in [-0.2, -0.15) is 0 Å². The number of amides is 2. The van der Waals surface area contributed by atoms with Crippen LogP contribution in [0.3, 0.4) is 0 Å². The molecule has 0 unspecified atom stereocenters. The first-order valence-electron chi connectivity index (χ1n) is 10.8. The van der Waals surface area contributed by atoms with Gasteiger partial charge in [0, 0.05) is 12.1 Å². The third-order valence-corrected chi connectivity index (χ3v) is 5.20. The van der Waals surface area contributed by atoms with Crippen molar-refractivity contribution in [3.05, 3.63) is 95.6 Å². The van der Waals surface area contributed by atoms with Crippen LogP contribution in [0.1, 0.15) is 33.9 Å². The number of carbonyl (C=O) groups is 3. The zero-order chi connectivity index (χ0) is 23.8. The maximum atomic E-state index is 12.6. The fourth-order valence-electron chi connectivity index (χ4n) is 3.44. The van der Waals surface area contributed by atoms with E-state index in [4.69, 9.17) is 14.2 Å². The summed E-state index contributed by atoms with van der Waals surface area (Å²) in [6.45, 7) is 0.0151. The minimum absolute atomic E-state index is 0.113. The summed E-state index contributed by atoms with van der Waals surface area (Å²) in [6.07, 6.45) is -0.113. The number of ether oxygens (including phenoxy) is 3. The first kappa shape index (κ1) is 22.8. The van der Waals surface area contributed by atoms with Gasteiger partial charge in [0.2, 0.25) is 6.79 Å². The Labute approximate surface area is 196 Å². The Balaban J connectivity index is 1.29. The molecule has 2 amide bonds. The van der Waals surface area contributed by atoms with E-state index in [2.05, 4.69) is 10.6 Å². The minimum Gasteiger partial charge on any atom is -0.456 e. The number of fused-ring (bicyclic) bond motifs is 1. The van der Waals surface area contributed by atoms with Gasteiger partial charge < -0.3 is 24.8 Å².